The van der Waals surface area contributed by atoms with Crippen molar-refractivity contribution in [2.45, 2.75) is 129 Å². The number of ether oxygens (including phenoxy) is 2. The van der Waals surface area contributed by atoms with Gasteiger partial charge >= 0.3 is 6.09 Å². The molecule has 2 aromatic rings. The van der Waals surface area contributed by atoms with E-state index in [2.05, 4.69) is 92.4 Å². The molecule has 2 rings (SSSR count). The Bertz CT molecular complexity index is 1210. The van der Waals surface area contributed by atoms with E-state index in [0.717, 1.165) is 34.2 Å². The first kappa shape index (κ1) is 39.6. The normalized spacial score (nSPS) is 12.7. The molecule has 0 aromatic heterocycles. The van der Waals surface area contributed by atoms with Gasteiger partial charge in [0.2, 0.25) is 5.91 Å². The fourth-order valence-electron chi connectivity index (χ4n) is 6.05. The fourth-order valence-corrected chi connectivity index (χ4v) is 11.9. The number of alkyl carbamates (subject to hydrolysis) is 1. The summed E-state index contributed by atoms with van der Waals surface area (Å²) in [6, 6.07) is 14.0. The summed E-state index contributed by atoms with van der Waals surface area (Å²) in [5.41, 5.74) is 9.07. The Morgan fingerprint density at radius 3 is 2.11 bits per heavy atom. The first-order valence-electron chi connectivity index (χ1n) is 16.7. The quantitative estimate of drug-likeness (QED) is 0.105. The van der Waals surface area contributed by atoms with E-state index in [1.165, 1.54) is 0 Å². The van der Waals surface area contributed by atoms with Crippen LogP contribution in [0.4, 0.5) is 4.79 Å². The van der Waals surface area contributed by atoms with Crippen LogP contribution in [0.5, 0.6) is 11.5 Å². The van der Waals surface area contributed by atoms with Crippen LogP contribution in [0, 0.1) is 0 Å². The topological polar surface area (TPSA) is 112 Å². The average molecular weight is 721 g/mol. The van der Waals surface area contributed by atoms with Crippen molar-refractivity contribution < 1.29 is 23.5 Å². The monoisotopic (exact) mass is 719 g/mol. The van der Waals surface area contributed by atoms with Gasteiger partial charge < -0.3 is 30.3 Å². The van der Waals surface area contributed by atoms with Crippen molar-refractivity contribution in [1.29, 1.82) is 0 Å². The number of benzene rings is 2. The summed E-state index contributed by atoms with van der Waals surface area (Å²) in [5, 5.41) is 5.78. The third kappa shape index (κ3) is 12.9. The summed E-state index contributed by atoms with van der Waals surface area (Å²) in [6.45, 7) is 20.6. The summed E-state index contributed by atoms with van der Waals surface area (Å²) in [7, 11) is -2.26. The van der Waals surface area contributed by atoms with Gasteiger partial charge in [-0.15, -0.1) is 0 Å². The van der Waals surface area contributed by atoms with Crippen LogP contribution in [-0.2, 0) is 22.6 Å². The van der Waals surface area contributed by atoms with Gasteiger partial charge in [-0.25, -0.2) is 4.79 Å². The maximum Gasteiger partial charge on any atom is 0.407 e. The van der Waals surface area contributed by atoms with E-state index in [0.29, 0.717) is 54.9 Å². The van der Waals surface area contributed by atoms with Gasteiger partial charge in [-0.3, -0.25) is 4.79 Å². The van der Waals surface area contributed by atoms with Gasteiger partial charge in [-0.2, -0.15) is 0 Å². The van der Waals surface area contributed by atoms with Crippen LogP contribution in [-0.4, -0.2) is 45.1 Å². The third-order valence-electron chi connectivity index (χ3n) is 8.14. The molecule has 0 fully saturated rings. The second-order valence-electron chi connectivity index (χ2n) is 14.1. The molecule has 0 bridgehead atoms. The van der Waals surface area contributed by atoms with Crippen LogP contribution in [0.25, 0.3) is 0 Å². The molecule has 0 saturated carbocycles. The lowest BCUT2D eigenvalue weighted by atomic mass is 10.1. The second kappa shape index (κ2) is 18.7. The molecule has 46 heavy (non-hydrogen) atoms. The zero-order valence-corrected chi connectivity index (χ0v) is 32.1. The summed E-state index contributed by atoms with van der Waals surface area (Å²) in [5.74, 6) is 1.41. The molecule has 1 atom stereocenters. The van der Waals surface area contributed by atoms with E-state index >= 15 is 0 Å². The molecule has 2 amide bonds. The van der Waals surface area contributed by atoms with Gasteiger partial charge in [0.1, 0.15) is 18.0 Å². The number of carbonyl (C=O) groups is 2. The summed E-state index contributed by atoms with van der Waals surface area (Å²) in [4.78, 5) is 24.4. The van der Waals surface area contributed by atoms with Crippen LogP contribution >= 0.6 is 15.9 Å². The number of carbonyl (C=O) groups excluding carboxylic acids is 2. The highest BCUT2D eigenvalue weighted by Crippen LogP contribution is 2.47. The molecule has 0 aliphatic carbocycles. The minimum atomic E-state index is -2.26. The van der Waals surface area contributed by atoms with Gasteiger partial charge in [0.25, 0.3) is 8.32 Å². The highest BCUT2D eigenvalue weighted by Gasteiger charge is 2.47. The number of hydrogen-bond acceptors (Lipinski definition) is 6. The fraction of sp³-hybridized carbons (Fsp3) is 0.611. The van der Waals surface area contributed by atoms with Crippen molar-refractivity contribution in [1.82, 2.24) is 10.6 Å². The molecule has 258 valence electrons. The van der Waals surface area contributed by atoms with Crippen molar-refractivity contribution in [2.24, 2.45) is 5.73 Å². The van der Waals surface area contributed by atoms with Crippen molar-refractivity contribution in [3.8, 4) is 11.5 Å². The SMILES string of the molecule is CC(C)[Si](Oc1cc(CCNC(=O)C[C@@H](N)CCCCNC(=O)OC(C)(C)C)cc(Br)c1OCc1ccccc1)(C(C)C)C(C)C. The molecular formula is C36H58BrN3O5Si. The summed E-state index contributed by atoms with van der Waals surface area (Å²) >= 11 is 3.78. The second-order valence-corrected chi connectivity index (χ2v) is 20.3. The Hall–Kier alpha value is -2.56. The van der Waals surface area contributed by atoms with E-state index in [9.17, 15) is 9.59 Å². The van der Waals surface area contributed by atoms with E-state index in [1.807, 2.05) is 39.0 Å². The van der Waals surface area contributed by atoms with Crippen LogP contribution in [0.3, 0.4) is 0 Å². The predicted octanol–water partition coefficient (Wildman–Crippen LogP) is 8.65. The van der Waals surface area contributed by atoms with Crippen molar-refractivity contribution in [3.63, 3.8) is 0 Å². The first-order chi connectivity index (χ1) is 21.5. The molecule has 0 heterocycles. The zero-order chi connectivity index (χ0) is 34.5. The minimum Gasteiger partial charge on any atom is -0.540 e. The molecule has 0 spiro atoms. The van der Waals surface area contributed by atoms with Gasteiger partial charge in [-0.1, -0.05) is 78.3 Å². The number of unbranched alkanes of at least 4 members (excludes halogenated alkanes) is 1. The highest BCUT2D eigenvalue weighted by atomic mass is 79.9. The molecule has 4 N–H and O–H groups in total. The Morgan fingerprint density at radius 1 is 0.891 bits per heavy atom. The molecule has 10 heteroatoms. The Morgan fingerprint density at radius 2 is 1.52 bits per heavy atom. The number of nitrogens with one attached hydrogen (secondary N) is 2. The van der Waals surface area contributed by atoms with Crippen LogP contribution < -0.4 is 25.5 Å². The van der Waals surface area contributed by atoms with Crippen molar-refractivity contribution >= 4 is 36.2 Å². The molecule has 0 radical (unpaired) electrons. The molecule has 2 aromatic carbocycles. The molecule has 0 saturated heterocycles. The van der Waals surface area contributed by atoms with Gasteiger partial charge in [-0.05, 0) is 95.8 Å². The van der Waals surface area contributed by atoms with Crippen LogP contribution in [0.2, 0.25) is 16.6 Å². The molecular weight excluding hydrogens is 662 g/mol. The first-order valence-corrected chi connectivity index (χ1v) is 19.7. The minimum absolute atomic E-state index is 0.0661. The smallest absolute Gasteiger partial charge is 0.407 e. The number of rotatable bonds is 18. The predicted molar refractivity (Wildman–Crippen MR) is 194 cm³/mol. The maximum atomic E-state index is 12.7. The van der Waals surface area contributed by atoms with Gasteiger partial charge in [0.05, 0.1) is 4.47 Å². The summed E-state index contributed by atoms with van der Waals surface area (Å²) in [6.07, 6.45) is 2.77. The number of hydrogen-bond donors (Lipinski definition) is 3. The standard InChI is InChI=1S/C36H58BrN3O5Si/c1-25(2)46(26(3)4,27(5)6)45-32-22-29(21-31(37)34(32)43-24-28-15-11-10-12-16-28)18-20-39-33(41)23-30(38)17-13-14-19-40-35(42)44-36(7,8)9/h10-12,15-16,21-22,25-27,30H,13-14,17-20,23-24,38H2,1-9H3,(H,39,41)(H,40,42)/t30-/m0/s1. The van der Waals surface area contributed by atoms with Crippen molar-refractivity contribution in [2.75, 3.05) is 13.1 Å². The largest absolute Gasteiger partial charge is 0.540 e. The average Bonchev–Trinajstić information content (AvgIpc) is 2.94. The molecule has 0 aliphatic rings. The Balaban J connectivity index is 2.02. The van der Waals surface area contributed by atoms with Gasteiger partial charge in [0.15, 0.2) is 5.75 Å². The van der Waals surface area contributed by atoms with E-state index in [1.54, 1.807) is 0 Å². The number of amides is 2. The van der Waals surface area contributed by atoms with Crippen molar-refractivity contribution in [3.05, 3.63) is 58.1 Å². The maximum absolute atomic E-state index is 12.7. The van der Waals surface area contributed by atoms with Gasteiger partial charge in [0, 0.05) is 25.6 Å². The van der Waals surface area contributed by atoms with E-state index in [4.69, 9.17) is 19.6 Å². The van der Waals surface area contributed by atoms with Crippen LogP contribution in [0.1, 0.15) is 99.1 Å². The highest BCUT2D eigenvalue weighted by molar-refractivity contribution is 9.10. The molecule has 0 unspecified atom stereocenters. The lowest BCUT2D eigenvalue weighted by molar-refractivity contribution is -0.121. The lowest BCUT2D eigenvalue weighted by Gasteiger charge is -2.42. The Kier molecular flexibility index (Phi) is 16.1. The molecule has 8 nitrogen and oxygen atoms in total. The number of nitrogens with two attached hydrogens (primary N) is 1. The third-order valence-corrected chi connectivity index (χ3v) is 14.7. The lowest BCUT2D eigenvalue weighted by Crippen LogP contribution is -2.50. The van der Waals surface area contributed by atoms with E-state index < -0.39 is 20.0 Å². The Labute approximate surface area is 287 Å². The number of halogens is 1. The summed E-state index contributed by atoms with van der Waals surface area (Å²) < 4.78 is 19.6. The molecule has 0 aliphatic heterocycles. The van der Waals surface area contributed by atoms with E-state index in [-0.39, 0.29) is 18.4 Å². The van der Waals surface area contributed by atoms with Crippen LogP contribution in [0.15, 0.2) is 46.9 Å². The zero-order valence-electron chi connectivity index (χ0n) is 29.5.